The lowest BCUT2D eigenvalue weighted by molar-refractivity contribution is 1.39. The van der Waals surface area contributed by atoms with E-state index in [1.165, 1.54) is 20.5 Å². The molecule has 2 aromatic heterocycles. The molecule has 4 aromatic rings. The molecule has 0 fully saturated rings. The number of thiazole rings is 1. The number of hydrogen-bond donors (Lipinski definition) is 1. The molecular formula is C18H14N2S2. The monoisotopic (exact) mass is 322 g/mol. The number of aryl methyl sites for hydroxylation is 1. The second-order valence-electron chi connectivity index (χ2n) is 5.18. The molecule has 0 amide bonds. The number of anilines is 2. The standard InChI is InChI=1S/C18H14N2S2/c1-12-6-8-14(9-7-12)19-18-20-15(11-21-18)17-10-13-4-2-3-5-16(13)22-17/h2-11H,1H3,(H,19,20). The quantitative estimate of drug-likeness (QED) is 0.494. The summed E-state index contributed by atoms with van der Waals surface area (Å²) in [7, 11) is 0. The maximum atomic E-state index is 4.71. The molecule has 0 saturated heterocycles. The summed E-state index contributed by atoms with van der Waals surface area (Å²) in [5.41, 5.74) is 3.37. The van der Waals surface area contributed by atoms with E-state index in [9.17, 15) is 0 Å². The first-order valence-corrected chi connectivity index (χ1v) is 8.76. The fraction of sp³-hybridized carbons (Fsp3) is 0.0556. The third-order valence-electron chi connectivity index (χ3n) is 3.48. The highest BCUT2D eigenvalue weighted by molar-refractivity contribution is 7.22. The van der Waals surface area contributed by atoms with Crippen molar-refractivity contribution < 1.29 is 0 Å². The molecule has 108 valence electrons. The van der Waals surface area contributed by atoms with Crippen LogP contribution in [0.2, 0.25) is 0 Å². The van der Waals surface area contributed by atoms with Crippen LogP contribution < -0.4 is 5.32 Å². The average Bonchev–Trinajstić information content (AvgIpc) is 3.15. The summed E-state index contributed by atoms with van der Waals surface area (Å²) >= 11 is 3.43. The van der Waals surface area contributed by atoms with Crippen LogP contribution >= 0.6 is 22.7 Å². The highest BCUT2D eigenvalue weighted by Gasteiger charge is 2.08. The second kappa shape index (κ2) is 5.55. The van der Waals surface area contributed by atoms with Gasteiger partial charge in [-0.15, -0.1) is 22.7 Å². The third-order valence-corrected chi connectivity index (χ3v) is 5.38. The van der Waals surface area contributed by atoms with E-state index in [0.29, 0.717) is 0 Å². The molecule has 0 unspecified atom stereocenters. The Hall–Kier alpha value is -2.17. The number of benzene rings is 2. The number of thiophene rings is 1. The van der Waals surface area contributed by atoms with E-state index >= 15 is 0 Å². The van der Waals surface area contributed by atoms with Crippen LogP contribution in [0.1, 0.15) is 5.56 Å². The summed E-state index contributed by atoms with van der Waals surface area (Å²) in [6, 6.07) is 19.0. The van der Waals surface area contributed by atoms with Crippen molar-refractivity contribution in [3.63, 3.8) is 0 Å². The molecule has 1 N–H and O–H groups in total. The lowest BCUT2D eigenvalue weighted by Crippen LogP contribution is -1.89. The Morgan fingerprint density at radius 1 is 1.00 bits per heavy atom. The Labute approximate surface area is 137 Å². The lowest BCUT2D eigenvalue weighted by atomic mass is 10.2. The molecule has 0 spiro atoms. The van der Waals surface area contributed by atoms with Gasteiger partial charge in [0.25, 0.3) is 0 Å². The van der Waals surface area contributed by atoms with Gasteiger partial charge in [0.05, 0.1) is 10.6 Å². The molecule has 2 nitrogen and oxygen atoms in total. The topological polar surface area (TPSA) is 24.9 Å². The Kier molecular flexibility index (Phi) is 3.41. The van der Waals surface area contributed by atoms with Gasteiger partial charge in [0.1, 0.15) is 0 Å². The Bertz CT molecular complexity index is 887. The Morgan fingerprint density at radius 3 is 2.64 bits per heavy atom. The zero-order valence-electron chi connectivity index (χ0n) is 12.0. The molecule has 0 aliphatic rings. The zero-order chi connectivity index (χ0) is 14.9. The van der Waals surface area contributed by atoms with E-state index in [0.717, 1.165) is 16.5 Å². The lowest BCUT2D eigenvalue weighted by Gasteiger charge is -2.02. The Morgan fingerprint density at radius 2 is 1.82 bits per heavy atom. The van der Waals surface area contributed by atoms with Crippen LogP contribution in [0.5, 0.6) is 0 Å². The normalized spacial score (nSPS) is 11.0. The molecule has 2 heterocycles. The number of aromatic nitrogens is 1. The van der Waals surface area contributed by atoms with Crippen LogP contribution in [0, 0.1) is 6.92 Å². The van der Waals surface area contributed by atoms with E-state index in [1.807, 2.05) is 0 Å². The van der Waals surface area contributed by atoms with Gasteiger partial charge in [-0.1, -0.05) is 35.9 Å². The van der Waals surface area contributed by atoms with Gasteiger partial charge in [0.2, 0.25) is 0 Å². The van der Waals surface area contributed by atoms with Crippen LogP contribution in [0.4, 0.5) is 10.8 Å². The number of nitrogens with one attached hydrogen (secondary N) is 1. The molecule has 22 heavy (non-hydrogen) atoms. The fourth-order valence-electron chi connectivity index (χ4n) is 2.31. The first kappa shape index (κ1) is 13.5. The van der Waals surface area contributed by atoms with Gasteiger partial charge in [-0.3, -0.25) is 0 Å². The fourth-order valence-corrected chi connectivity index (χ4v) is 4.14. The van der Waals surface area contributed by atoms with Crippen molar-refractivity contribution in [2.24, 2.45) is 0 Å². The third kappa shape index (κ3) is 2.63. The highest BCUT2D eigenvalue weighted by atomic mass is 32.1. The zero-order valence-corrected chi connectivity index (χ0v) is 13.7. The van der Waals surface area contributed by atoms with Gasteiger partial charge >= 0.3 is 0 Å². The van der Waals surface area contributed by atoms with Crippen LogP contribution in [-0.2, 0) is 0 Å². The summed E-state index contributed by atoms with van der Waals surface area (Å²) in [5, 5.41) is 7.69. The van der Waals surface area contributed by atoms with Gasteiger partial charge in [0.15, 0.2) is 5.13 Å². The first-order valence-electron chi connectivity index (χ1n) is 7.06. The predicted octanol–water partition coefficient (Wildman–Crippen LogP) is 6.08. The van der Waals surface area contributed by atoms with Crippen molar-refractivity contribution in [2.75, 3.05) is 5.32 Å². The minimum atomic E-state index is 0.927. The summed E-state index contributed by atoms with van der Waals surface area (Å²) < 4.78 is 1.30. The Balaban J connectivity index is 1.61. The van der Waals surface area contributed by atoms with E-state index in [1.54, 1.807) is 22.7 Å². The molecule has 0 bridgehead atoms. The van der Waals surface area contributed by atoms with Crippen molar-refractivity contribution in [1.82, 2.24) is 4.98 Å². The van der Waals surface area contributed by atoms with Crippen LogP contribution in [0.15, 0.2) is 60.0 Å². The van der Waals surface area contributed by atoms with Crippen molar-refractivity contribution in [1.29, 1.82) is 0 Å². The first-order chi connectivity index (χ1) is 10.8. The molecule has 0 saturated carbocycles. The van der Waals surface area contributed by atoms with E-state index in [-0.39, 0.29) is 0 Å². The number of fused-ring (bicyclic) bond motifs is 1. The van der Waals surface area contributed by atoms with Crippen molar-refractivity contribution in [2.45, 2.75) is 6.92 Å². The van der Waals surface area contributed by atoms with Crippen LogP contribution in [0.25, 0.3) is 20.7 Å². The molecule has 2 aromatic carbocycles. The number of hydrogen-bond acceptors (Lipinski definition) is 4. The molecule has 0 aliphatic carbocycles. The van der Waals surface area contributed by atoms with Crippen molar-refractivity contribution in [3.05, 3.63) is 65.5 Å². The smallest absolute Gasteiger partial charge is 0.187 e. The predicted molar refractivity (Wildman–Crippen MR) is 97.4 cm³/mol. The van der Waals surface area contributed by atoms with Gasteiger partial charge in [-0.2, -0.15) is 0 Å². The molecule has 4 heteroatoms. The summed E-state index contributed by atoms with van der Waals surface area (Å²) in [4.78, 5) is 5.93. The molecular weight excluding hydrogens is 308 g/mol. The molecule has 4 rings (SSSR count). The van der Waals surface area contributed by atoms with Gasteiger partial charge in [0, 0.05) is 15.8 Å². The van der Waals surface area contributed by atoms with Crippen molar-refractivity contribution >= 4 is 43.6 Å². The average molecular weight is 322 g/mol. The van der Waals surface area contributed by atoms with E-state index in [2.05, 4.69) is 72.2 Å². The van der Waals surface area contributed by atoms with Crippen LogP contribution in [-0.4, -0.2) is 4.98 Å². The second-order valence-corrected chi connectivity index (χ2v) is 7.12. The van der Waals surface area contributed by atoms with E-state index in [4.69, 9.17) is 4.98 Å². The minimum absolute atomic E-state index is 0.927. The van der Waals surface area contributed by atoms with Crippen molar-refractivity contribution in [3.8, 4) is 10.6 Å². The molecule has 0 aliphatic heterocycles. The maximum absolute atomic E-state index is 4.71. The number of nitrogens with zero attached hydrogens (tertiary/aromatic N) is 1. The van der Waals surface area contributed by atoms with Gasteiger partial charge in [-0.25, -0.2) is 4.98 Å². The summed E-state index contributed by atoms with van der Waals surface area (Å²) in [6.07, 6.45) is 0. The van der Waals surface area contributed by atoms with E-state index < -0.39 is 0 Å². The van der Waals surface area contributed by atoms with Crippen LogP contribution in [0.3, 0.4) is 0 Å². The highest BCUT2D eigenvalue weighted by Crippen LogP contribution is 2.35. The maximum Gasteiger partial charge on any atom is 0.187 e. The summed E-state index contributed by atoms with van der Waals surface area (Å²) in [6.45, 7) is 2.09. The molecule has 0 atom stereocenters. The SMILES string of the molecule is Cc1ccc(Nc2nc(-c3cc4ccccc4s3)cs2)cc1. The van der Waals surface area contributed by atoms with Gasteiger partial charge < -0.3 is 5.32 Å². The minimum Gasteiger partial charge on any atom is -0.332 e. The largest absolute Gasteiger partial charge is 0.332 e. The van der Waals surface area contributed by atoms with Gasteiger partial charge in [-0.05, 0) is 36.6 Å². The number of rotatable bonds is 3. The summed E-state index contributed by atoms with van der Waals surface area (Å²) in [5.74, 6) is 0. The molecule has 0 radical (unpaired) electrons.